The molecule has 0 spiro atoms. The second-order valence-corrected chi connectivity index (χ2v) is 6.96. The second-order valence-electron chi connectivity index (χ2n) is 6.96. The van der Waals surface area contributed by atoms with Crippen LogP contribution in [0.4, 0.5) is 4.79 Å². The van der Waals surface area contributed by atoms with Crippen LogP contribution in [0.3, 0.4) is 0 Å². The number of fused-ring (bicyclic) bond motifs is 2. The molecule has 2 aromatic rings. The van der Waals surface area contributed by atoms with E-state index in [1.807, 2.05) is 60.5 Å². The molecule has 1 aromatic carbocycles. The molecule has 1 saturated heterocycles. The highest BCUT2D eigenvalue weighted by atomic mass is 16.6. The largest absolute Gasteiger partial charge is 0.478 e. The van der Waals surface area contributed by atoms with Gasteiger partial charge < -0.3 is 9.47 Å². The van der Waals surface area contributed by atoms with Crippen LogP contribution in [0.15, 0.2) is 54.7 Å². The first-order chi connectivity index (χ1) is 13.2. The van der Waals surface area contributed by atoms with Gasteiger partial charge in [0.25, 0.3) is 0 Å². The highest BCUT2D eigenvalue weighted by molar-refractivity contribution is 5.74. The third-order valence-electron chi connectivity index (χ3n) is 5.21. The number of carbonyl (C=O) groups excluding carboxylic acids is 1. The minimum atomic E-state index is -0.216. The maximum absolute atomic E-state index is 12.6. The van der Waals surface area contributed by atoms with E-state index in [9.17, 15) is 4.79 Å². The molecule has 0 aliphatic carbocycles. The van der Waals surface area contributed by atoms with Crippen LogP contribution in [0.25, 0.3) is 5.57 Å². The molecule has 2 unspecified atom stereocenters. The van der Waals surface area contributed by atoms with E-state index in [0.717, 1.165) is 30.4 Å². The molecule has 1 aromatic heterocycles. The van der Waals surface area contributed by atoms with E-state index < -0.39 is 0 Å². The fourth-order valence-electron chi connectivity index (χ4n) is 3.93. The van der Waals surface area contributed by atoms with Crippen LogP contribution in [0, 0.1) is 0 Å². The minimum Gasteiger partial charge on any atom is -0.478 e. The Morgan fingerprint density at radius 1 is 1.19 bits per heavy atom. The monoisotopic (exact) mass is 364 g/mol. The highest BCUT2D eigenvalue weighted by Crippen LogP contribution is 2.39. The molecule has 4 rings (SSSR count). The molecule has 1 amide bonds. The van der Waals surface area contributed by atoms with E-state index in [-0.39, 0.29) is 18.2 Å². The van der Waals surface area contributed by atoms with E-state index in [2.05, 4.69) is 11.1 Å². The Labute approximate surface area is 159 Å². The average molecular weight is 364 g/mol. The number of hydrogen-bond acceptors (Lipinski definition) is 4. The first-order valence-corrected chi connectivity index (χ1v) is 9.53. The van der Waals surface area contributed by atoms with Gasteiger partial charge >= 0.3 is 6.09 Å². The summed E-state index contributed by atoms with van der Waals surface area (Å²) in [5.74, 6) is 0.645. The van der Waals surface area contributed by atoms with Gasteiger partial charge in [0.1, 0.15) is 6.61 Å². The van der Waals surface area contributed by atoms with Crippen molar-refractivity contribution in [1.29, 1.82) is 0 Å². The summed E-state index contributed by atoms with van der Waals surface area (Å²) in [5, 5.41) is 0. The fraction of sp³-hybridized carbons (Fsp3) is 0.364. The van der Waals surface area contributed by atoms with Crippen molar-refractivity contribution in [2.45, 2.75) is 44.9 Å². The van der Waals surface area contributed by atoms with Crippen molar-refractivity contribution in [3.8, 4) is 5.88 Å². The van der Waals surface area contributed by atoms with Gasteiger partial charge in [-0.3, -0.25) is 4.90 Å². The van der Waals surface area contributed by atoms with E-state index in [4.69, 9.17) is 9.47 Å². The van der Waals surface area contributed by atoms with E-state index in [0.29, 0.717) is 19.1 Å². The average Bonchev–Trinajstić information content (AvgIpc) is 2.97. The van der Waals surface area contributed by atoms with Gasteiger partial charge in [-0.25, -0.2) is 9.78 Å². The first kappa shape index (κ1) is 17.6. The lowest BCUT2D eigenvalue weighted by Crippen LogP contribution is -2.43. The first-order valence-electron chi connectivity index (χ1n) is 9.53. The minimum absolute atomic E-state index is 0.105. The molecule has 0 N–H and O–H groups in total. The second kappa shape index (κ2) is 7.82. The zero-order valence-corrected chi connectivity index (χ0v) is 15.5. The number of amides is 1. The Bertz CT molecular complexity index is 817. The Balaban J connectivity index is 1.43. The van der Waals surface area contributed by atoms with Crippen LogP contribution in [0.2, 0.25) is 0 Å². The molecule has 3 heterocycles. The van der Waals surface area contributed by atoms with Crippen molar-refractivity contribution < 1.29 is 14.3 Å². The Kier molecular flexibility index (Phi) is 5.10. The Morgan fingerprint density at radius 3 is 2.74 bits per heavy atom. The zero-order chi connectivity index (χ0) is 18.6. The Hall–Kier alpha value is -2.82. The lowest BCUT2D eigenvalue weighted by atomic mass is 9.96. The normalized spacial score (nSPS) is 20.9. The van der Waals surface area contributed by atoms with Crippen molar-refractivity contribution in [2.75, 3.05) is 6.61 Å². The van der Waals surface area contributed by atoms with E-state index in [1.54, 1.807) is 0 Å². The summed E-state index contributed by atoms with van der Waals surface area (Å²) in [7, 11) is 0. The summed E-state index contributed by atoms with van der Waals surface area (Å²) in [6.07, 6.45) is 6.68. The number of pyridine rings is 1. The van der Waals surface area contributed by atoms with Crippen molar-refractivity contribution in [1.82, 2.24) is 9.88 Å². The summed E-state index contributed by atoms with van der Waals surface area (Å²) in [6.45, 7) is 2.87. The summed E-state index contributed by atoms with van der Waals surface area (Å²) in [6, 6.07) is 14.1. The maximum Gasteiger partial charge on any atom is 0.410 e. The number of rotatable bonds is 5. The predicted molar refractivity (Wildman–Crippen MR) is 103 cm³/mol. The molecule has 2 bridgehead atoms. The lowest BCUT2D eigenvalue weighted by Gasteiger charge is -2.33. The van der Waals surface area contributed by atoms with Gasteiger partial charge in [0.15, 0.2) is 0 Å². The van der Waals surface area contributed by atoms with Gasteiger partial charge in [0.05, 0.1) is 12.6 Å². The number of hydrogen-bond donors (Lipinski definition) is 0. The SMILES string of the molecule is CCOc1ccc(C2=CC3CCC(C2)N3C(=O)OCc2ccccc2)cn1. The molecule has 0 saturated carbocycles. The van der Waals surface area contributed by atoms with Gasteiger partial charge in [-0.05, 0) is 49.0 Å². The van der Waals surface area contributed by atoms with E-state index >= 15 is 0 Å². The van der Waals surface area contributed by atoms with Gasteiger partial charge in [0.2, 0.25) is 5.88 Å². The summed E-state index contributed by atoms with van der Waals surface area (Å²) < 4.78 is 11.0. The molecule has 27 heavy (non-hydrogen) atoms. The topological polar surface area (TPSA) is 51.7 Å². The third kappa shape index (κ3) is 3.82. The molecule has 2 aliphatic heterocycles. The van der Waals surface area contributed by atoms with Crippen LogP contribution in [0.5, 0.6) is 5.88 Å². The number of carbonyl (C=O) groups is 1. The lowest BCUT2D eigenvalue weighted by molar-refractivity contribution is 0.0832. The van der Waals surface area contributed by atoms with E-state index in [1.165, 1.54) is 5.57 Å². The summed E-state index contributed by atoms with van der Waals surface area (Å²) in [4.78, 5) is 18.9. The van der Waals surface area contributed by atoms with Crippen LogP contribution < -0.4 is 4.74 Å². The smallest absolute Gasteiger partial charge is 0.410 e. The summed E-state index contributed by atoms with van der Waals surface area (Å²) in [5.41, 5.74) is 3.37. The van der Waals surface area contributed by atoms with Gasteiger partial charge in [-0.15, -0.1) is 0 Å². The molecule has 140 valence electrons. The number of aromatic nitrogens is 1. The summed E-state index contributed by atoms with van der Waals surface area (Å²) >= 11 is 0. The molecule has 2 atom stereocenters. The standard InChI is InChI=1S/C22H24N2O3/c1-2-26-21-11-8-17(14-23-21)18-12-19-9-10-20(13-18)24(19)22(25)27-15-16-6-4-3-5-7-16/h3-8,11-12,14,19-20H,2,9-10,13,15H2,1H3. The molecule has 5 nitrogen and oxygen atoms in total. The van der Waals surface area contributed by atoms with Gasteiger partial charge in [-0.1, -0.05) is 36.4 Å². The van der Waals surface area contributed by atoms with Crippen molar-refractivity contribution in [3.05, 3.63) is 65.9 Å². The van der Waals surface area contributed by atoms with Crippen LogP contribution >= 0.6 is 0 Å². The van der Waals surface area contributed by atoms with Gasteiger partial charge in [-0.2, -0.15) is 0 Å². The van der Waals surface area contributed by atoms with Crippen LogP contribution in [0.1, 0.15) is 37.3 Å². The molecular formula is C22H24N2O3. The molecule has 5 heteroatoms. The molecule has 0 radical (unpaired) electrons. The molecule has 2 aliphatic rings. The highest BCUT2D eigenvalue weighted by Gasteiger charge is 2.40. The van der Waals surface area contributed by atoms with Crippen LogP contribution in [-0.4, -0.2) is 34.7 Å². The number of nitrogens with zero attached hydrogens (tertiary/aromatic N) is 2. The number of ether oxygens (including phenoxy) is 2. The zero-order valence-electron chi connectivity index (χ0n) is 15.5. The molecule has 1 fully saturated rings. The third-order valence-corrected chi connectivity index (χ3v) is 5.21. The molecular weight excluding hydrogens is 340 g/mol. The van der Waals surface area contributed by atoms with Crippen LogP contribution in [-0.2, 0) is 11.3 Å². The van der Waals surface area contributed by atoms with Crippen molar-refractivity contribution >= 4 is 11.7 Å². The Morgan fingerprint density at radius 2 is 2.04 bits per heavy atom. The fourth-order valence-corrected chi connectivity index (χ4v) is 3.93. The number of benzene rings is 1. The van der Waals surface area contributed by atoms with Crippen molar-refractivity contribution in [2.24, 2.45) is 0 Å². The quantitative estimate of drug-likeness (QED) is 0.787. The van der Waals surface area contributed by atoms with Gasteiger partial charge in [0, 0.05) is 18.3 Å². The predicted octanol–water partition coefficient (Wildman–Crippen LogP) is 4.44. The maximum atomic E-state index is 12.6. The van der Waals surface area contributed by atoms with Crippen molar-refractivity contribution in [3.63, 3.8) is 0 Å².